The average molecular weight is 235 g/mol. The van der Waals surface area contributed by atoms with Gasteiger partial charge in [0.1, 0.15) is 5.82 Å². The van der Waals surface area contributed by atoms with Crippen LogP contribution >= 0.6 is 11.5 Å². The van der Waals surface area contributed by atoms with E-state index in [9.17, 15) is 0 Å². The second kappa shape index (κ2) is 4.53. The molecule has 4 heteroatoms. The van der Waals surface area contributed by atoms with Crippen LogP contribution in [0, 0.1) is 0 Å². The Morgan fingerprint density at radius 1 is 1.44 bits per heavy atom. The summed E-state index contributed by atoms with van der Waals surface area (Å²) in [5.74, 6) is 1.73. The Morgan fingerprint density at radius 3 is 3.12 bits per heavy atom. The van der Waals surface area contributed by atoms with Crippen molar-refractivity contribution in [3.8, 4) is 0 Å². The van der Waals surface area contributed by atoms with Crippen LogP contribution in [0.15, 0.2) is 11.6 Å². The monoisotopic (exact) mass is 235 g/mol. The van der Waals surface area contributed by atoms with E-state index in [1.807, 2.05) is 0 Å². The molecule has 3 nitrogen and oxygen atoms in total. The summed E-state index contributed by atoms with van der Waals surface area (Å²) in [4.78, 5) is 4.51. The van der Waals surface area contributed by atoms with Gasteiger partial charge >= 0.3 is 0 Å². The van der Waals surface area contributed by atoms with Gasteiger partial charge in [-0.05, 0) is 38.5 Å². The number of rotatable bonds is 5. The second-order valence-electron chi connectivity index (χ2n) is 4.66. The van der Waals surface area contributed by atoms with Crippen molar-refractivity contribution in [3.63, 3.8) is 0 Å². The smallest absolute Gasteiger partial charge is 0.202 e. The summed E-state index contributed by atoms with van der Waals surface area (Å²) in [6.07, 6.45) is 10.0. The van der Waals surface area contributed by atoms with E-state index in [1.54, 1.807) is 5.57 Å². The van der Waals surface area contributed by atoms with Crippen molar-refractivity contribution in [2.24, 2.45) is 0 Å². The van der Waals surface area contributed by atoms with E-state index < -0.39 is 0 Å². The normalized spacial score (nSPS) is 19.9. The van der Waals surface area contributed by atoms with Crippen molar-refractivity contribution in [2.45, 2.75) is 44.4 Å². The van der Waals surface area contributed by atoms with Gasteiger partial charge in [0.05, 0.1) is 0 Å². The zero-order valence-corrected chi connectivity index (χ0v) is 10.2. The minimum absolute atomic E-state index is 0.671. The van der Waals surface area contributed by atoms with Crippen molar-refractivity contribution in [1.29, 1.82) is 0 Å². The highest BCUT2D eigenvalue weighted by Crippen LogP contribution is 2.39. The maximum absolute atomic E-state index is 4.51. The molecule has 0 atom stereocenters. The lowest BCUT2D eigenvalue weighted by Crippen LogP contribution is -2.01. The van der Waals surface area contributed by atoms with Gasteiger partial charge in [0.2, 0.25) is 5.13 Å². The summed E-state index contributed by atoms with van der Waals surface area (Å²) in [5, 5.41) is 4.38. The minimum atomic E-state index is 0.671. The Kier molecular flexibility index (Phi) is 2.91. The van der Waals surface area contributed by atoms with Crippen molar-refractivity contribution in [2.75, 3.05) is 11.9 Å². The summed E-state index contributed by atoms with van der Waals surface area (Å²) >= 11 is 1.51. The molecule has 0 amide bonds. The predicted molar refractivity (Wildman–Crippen MR) is 66.9 cm³/mol. The van der Waals surface area contributed by atoms with E-state index in [4.69, 9.17) is 0 Å². The standard InChI is InChI=1S/C12H17N3S/c1-2-4-9(3-1)7-8-13-12-14-11(15-16-12)10-5-6-10/h3,10H,1-2,4-8H2,(H,13,14,15). The van der Waals surface area contributed by atoms with Crippen LogP contribution in [0.2, 0.25) is 0 Å². The number of nitrogens with one attached hydrogen (secondary N) is 1. The zero-order chi connectivity index (χ0) is 10.8. The van der Waals surface area contributed by atoms with Gasteiger partial charge in [-0.3, -0.25) is 0 Å². The lowest BCUT2D eigenvalue weighted by Gasteiger charge is -2.02. The fourth-order valence-electron chi connectivity index (χ4n) is 2.11. The van der Waals surface area contributed by atoms with E-state index >= 15 is 0 Å². The van der Waals surface area contributed by atoms with Crippen LogP contribution in [0.4, 0.5) is 5.13 Å². The molecule has 1 N–H and O–H groups in total. The van der Waals surface area contributed by atoms with Gasteiger partial charge in [0, 0.05) is 24.0 Å². The topological polar surface area (TPSA) is 37.8 Å². The summed E-state index contributed by atoms with van der Waals surface area (Å²) in [6.45, 7) is 1.01. The SMILES string of the molecule is C1=C(CCNc2nc(C3CC3)ns2)CCC1. The maximum atomic E-state index is 4.51. The van der Waals surface area contributed by atoms with Crippen molar-refractivity contribution >= 4 is 16.7 Å². The Bertz CT molecular complexity index is 393. The first-order chi connectivity index (χ1) is 7.92. The highest BCUT2D eigenvalue weighted by atomic mass is 32.1. The van der Waals surface area contributed by atoms with Gasteiger partial charge in [-0.2, -0.15) is 4.37 Å². The zero-order valence-electron chi connectivity index (χ0n) is 9.41. The largest absolute Gasteiger partial charge is 0.360 e. The molecule has 2 aliphatic rings. The number of hydrogen-bond donors (Lipinski definition) is 1. The third kappa shape index (κ3) is 2.43. The first-order valence-corrected chi connectivity index (χ1v) is 6.94. The molecule has 1 saturated carbocycles. The third-order valence-corrected chi connectivity index (χ3v) is 3.93. The van der Waals surface area contributed by atoms with E-state index in [2.05, 4.69) is 20.8 Å². The molecule has 0 aromatic carbocycles. The number of allylic oxidation sites excluding steroid dienone is 1. The van der Waals surface area contributed by atoms with E-state index in [0.29, 0.717) is 5.92 Å². The van der Waals surface area contributed by atoms with E-state index in [0.717, 1.165) is 17.5 Å². The average Bonchev–Trinajstić information content (AvgIpc) is 2.83. The lowest BCUT2D eigenvalue weighted by molar-refractivity contribution is 0.862. The highest BCUT2D eigenvalue weighted by molar-refractivity contribution is 7.09. The van der Waals surface area contributed by atoms with Gasteiger partial charge in [-0.25, -0.2) is 4.98 Å². The molecule has 1 aromatic heterocycles. The first kappa shape index (κ1) is 10.3. The summed E-state index contributed by atoms with van der Waals surface area (Å²) < 4.78 is 4.38. The van der Waals surface area contributed by atoms with Gasteiger partial charge in [0.15, 0.2) is 0 Å². The van der Waals surface area contributed by atoms with Crippen molar-refractivity contribution in [3.05, 3.63) is 17.5 Å². The van der Waals surface area contributed by atoms with Crippen molar-refractivity contribution < 1.29 is 0 Å². The summed E-state index contributed by atoms with van der Waals surface area (Å²) in [6, 6.07) is 0. The van der Waals surface area contributed by atoms with E-state index in [1.165, 1.54) is 50.1 Å². The third-order valence-electron chi connectivity index (χ3n) is 3.24. The Balaban J connectivity index is 1.46. The Hall–Kier alpha value is -0.900. The van der Waals surface area contributed by atoms with Gasteiger partial charge in [-0.1, -0.05) is 11.6 Å². The molecule has 1 fully saturated rings. The molecule has 86 valence electrons. The highest BCUT2D eigenvalue weighted by Gasteiger charge is 2.27. The molecule has 0 spiro atoms. The molecule has 16 heavy (non-hydrogen) atoms. The van der Waals surface area contributed by atoms with Crippen LogP contribution in [-0.2, 0) is 0 Å². The van der Waals surface area contributed by atoms with Gasteiger partial charge < -0.3 is 5.32 Å². The molecule has 0 aliphatic heterocycles. The van der Waals surface area contributed by atoms with Crippen molar-refractivity contribution in [1.82, 2.24) is 9.36 Å². The molecule has 2 aliphatic carbocycles. The maximum Gasteiger partial charge on any atom is 0.202 e. The fourth-order valence-corrected chi connectivity index (χ4v) is 2.78. The molecular formula is C12H17N3S. The Labute approximate surface area is 100 Å². The summed E-state index contributed by atoms with van der Waals surface area (Å²) in [7, 11) is 0. The number of nitrogens with zero attached hydrogens (tertiary/aromatic N) is 2. The molecule has 1 heterocycles. The van der Waals surface area contributed by atoms with Gasteiger partial charge in [-0.15, -0.1) is 0 Å². The molecule has 0 radical (unpaired) electrons. The Morgan fingerprint density at radius 2 is 2.38 bits per heavy atom. The van der Waals surface area contributed by atoms with Crippen LogP contribution in [0.5, 0.6) is 0 Å². The quantitative estimate of drug-likeness (QED) is 0.795. The van der Waals surface area contributed by atoms with Crippen LogP contribution < -0.4 is 5.32 Å². The number of anilines is 1. The van der Waals surface area contributed by atoms with Crippen LogP contribution in [0.25, 0.3) is 0 Å². The second-order valence-corrected chi connectivity index (χ2v) is 5.42. The van der Waals surface area contributed by atoms with Gasteiger partial charge in [0.25, 0.3) is 0 Å². The van der Waals surface area contributed by atoms with E-state index in [-0.39, 0.29) is 0 Å². The number of hydrogen-bond acceptors (Lipinski definition) is 4. The van der Waals surface area contributed by atoms with Crippen LogP contribution in [0.1, 0.15) is 50.3 Å². The number of aromatic nitrogens is 2. The molecule has 1 aromatic rings. The summed E-state index contributed by atoms with van der Waals surface area (Å²) in [5.41, 5.74) is 1.61. The molecular weight excluding hydrogens is 218 g/mol. The lowest BCUT2D eigenvalue weighted by atomic mass is 10.2. The minimum Gasteiger partial charge on any atom is -0.360 e. The molecule has 0 bridgehead atoms. The molecule has 0 unspecified atom stereocenters. The fraction of sp³-hybridized carbons (Fsp3) is 0.667. The molecule has 0 saturated heterocycles. The molecule has 3 rings (SSSR count). The predicted octanol–water partition coefficient (Wildman–Crippen LogP) is 3.33. The van der Waals surface area contributed by atoms with Crippen LogP contribution in [0.3, 0.4) is 0 Å². The first-order valence-electron chi connectivity index (χ1n) is 6.17. The van der Waals surface area contributed by atoms with Crippen LogP contribution in [-0.4, -0.2) is 15.9 Å².